The van der Waals surface area contributed by atoms with E-state index in [1.165, 1.54) is 6.42 Å². The number of pyridine rings is 1. The Hall–Kier alpha value is -1.92. The van der Waals surface area contributed by atoms with Gasteiger partial charge in [-0.3, -0.25) is 9.69 Å². The van der Waals surface area contributed by atoms with Gasteiger partial charge in [0.05, 0.1) is 17.9 Å². The van der Waals surface area contributed by atoms with Gasteiger partial charge in [0.2, 0.25) is 0 Å². The number of imidazole rings is 1. The molecule has 1 saturated heterocycles. The van der Waals surface area contributed by atoms with Crippen LogP contribution in [-0.2, 0) is 0 Å². The van der Waals surface area contributed by atoms with E-state index >= 15 is 0 Å². The number of carbonyl (C=O) groups excluding carboxylic acids is 1. The van der Waals surface area contributed by atoms with Crippen molar-refractivity contribution < 1.29 is 9.90 Å². The van der Waals surface area contributed by atoms with E-state index < -0.39 is 0 Å². The van der Waals surface area contributed by atoms with Crippen LogP contribution in [0.3, 0.4) is 0 Å². The number of likely N-dealkylation sites (tertiary alicyclic amines) is 1. The lowest BCUT2D eigenvalue weighted by atomic mass is 10.0. The summed E-state index contributed by atoms with van der Waals surface area (Å²) in [5.41, 5.74) is 2.18. The number of nitrogens with zero attached hydrogens (tertiary/aromatic N) is 3. The molecule has 1 unspecified atom stereocenters. The van der Waals surface area contributed by atoms with Gasteiger partial charge in [0.1, 0.15) is 5.65 Å². The topological polar surface area (TPSA) is 69.9 Å². The van der Waals surface area contributed by atoms with E-state index in [1.807, 2.05) is 29.8 Å². The molecule has 1 aliphatic heterocycles. The van der Waals surface area contributed by atoms with Gasteiger partial charge in [0.15, 0.2) is 0 Å². The second kappa shape index (κ2) is 7.10. The van der Waals surface area contributed by atoms with Crippen molar-refractivity contribution in [2.75, 3.05) is 26.2 Å². The molecule has 0 radical (unpaired) electrons. The summed E-state index contributed by atoms with van der Waals surface area (Å²) in [4.78, 5) is 19.1. The number of nitrogens with one attached hydrogen (secondary N) is 1. The molecule has 23 heavy (non-hydrogen) atoms. The predicted octanol–water partition coefficient (Wildman–Crippen LogP) is 1.22. The van der Waals surface area contributed by atoms with Crippen LogP contribution in [0.15, 0.2) is 24.5 Å². The average Bonchev–Trinajstić information content (AvgIpc) is 2.95. The number of aliphatic hydroxyl groups is 1. The maximum Gasteiger partial charge on any atom is 0.255 e. The number of aryl methyl sites for hydroxylation is 1. The minimum atomic E-state index is -0.0984. The maximum absolute atomic E-state index is 12.4. The lowest BCUT2D eigenvalue weighted by Gasteiger charge is -2.34. The molecule has 3 rings (SSSR count). The second-order valence-electron chi connectivity index (χ2n) is 6.16. The number of hydrogen-bond acceptors (Lipinski definition) is 4. The van der Waals surface area contributed by atoms with Crippen LogP contribution >= 0.6 is 0 Å². The van der Waals surface area contributed by atoms with Crippen LogP contribution in [-0.4, -0.2) is 57.6 Å². The summed E-state index contributed by atoms with van der Waals surface area (Å²) >= 11 is 0. The molecule has 0 saturated carbocycles. The highest BCUT2D eigenvalue weighted by Crippen LogP contribution is 2.16. The van der Waals surface area contributed by atoms with E-state index in [4.69, 9.17) is 0 Å². The molecule has 2 N–H and O–H groups in total. The first kappa shape index (κ1) is 16.0. The fourth-order valence-electron chi connectivity index (χ4n) is 3.28. The highest BCUT2D eigenvalue weighted by atomic mass is 16.3. The number of piperidine rings is 1. The van der Waals surface area contributed by atoms with Gasteiger partial charge in [0.25, 0.3) is 5.91 Å². The summed E-state index contributed by atoms with van der Waals surface area (Å²) in [6, 6.07) is 3.89. The third-order valence-electron chi connectivity index (χ3n) is 4.49. The lowest BCUT2D eigenvalue weighted by molar-refractivity contribution is 0.0849. The van der Waals surface area contributed by atoms with E-state index in [0.717, 1.165) is 31.6 Å². The quantitative estimate of drug-likeness (QED) is 0.870. The summed E-state index contributed by atoms with van der Waals surface area (Å²) in [6.45, 7) is 4.46. The number of carbonyl (C=O) groups is 1. The van der Waals surface area contributed by atoms with E-state index in [2.05, 4.69) is 15.2 Å². The summed E-state index contributed by atoms with van der Waals surface area (Å²) in [5.74, 6) is -0.0984. The molecular formula is C17H24N4O2. The Morgan fingerprint density at radius 3 is 3.17 bits per heavy atom. The summed E-state index contributed by atoms with van der Waals surface area (Å²) in [7, 11) is 0. The van der Waals surface area contributed by atoms with Gasteiger partial charge in [-0.15, -0.1) is 0 Å². The molecule has 3 heterocycles. The van der Waals surface area contributed by atoms with Crippen LogP contribution in [0.5, 0.6) is 0 Å². The molecule has 1 fully saturated rings. The standard InChI is InChI=1S/C17H24N4O2/c1-13-11-21-9-4-6-15(16(21)19-13)17(23)18-7-10-20-8-3-2-5-14(20)12-22/h4,6,9,11,14,22H,2-3,5,7-8,10,12H2,1H3,(H,18,23). The first-order valence-electron chi connectivity index (χ1n) is 8.26. The van der Waals surface area contributed by atoms with Gasteiger partial charge in [-0.1, -0.05) is 6.42 Å². The summed E-state index contributed by atoms with van der Waals surface area (Å²) < 4.78 is 1.87. The van der Waals surface area contributed by atoms with Crippen LogP contribution in [0.2, 0.25) is 0 Å². The van der Waals surface area contributed by atoms with E-state index in [9.17, 15) is 9.90 Å². The Morgan fingerprint density at radius 2 is 2.35 bits per heavy atom. The number of aromatic nitrogens is 2. The van der Waals surface area contributed by atoms with Gasteiger partial charge in [-0.05, 0) is 38.4 Å². The van der Waals surface area contributed by atoms with Crippen LogP contribution in [0.1, 0.15) is 35.3 Å². The molecule has 6 nitrogen and oxygen atoms in total. The zero-order chi connectivity index (χ0) is 16.2. The number of fused-ring (bicyclic) bond motifs is 1. The minimum Gasteiger partial charge on any atom is -0.395 e. The van der Waals surface area contributed by atoms with Crippen molar-refractivity contribution >= 4 is 11.6 Å². The Balaban J connectivity index is 1.60. The highest BCUT2D eigenvalue weighted by molar-refractivity contribution is 5.99. The van der Waals surface area contributed by atoms with E-state index in [1.54, 1.807) is 6.07 Å². The van der Waals surface area contributed by atoms with Crippen LogP contribution in [0.4, 0.5) is 0 Å². The molecule has 2 aromatic rings. The third-order valence-corrected chi connectivity index (χ3v) is 4.49. The maximum atomic E-state index is 12.4. The number of amides is 1. The van der Waals surface area contributed by atoms with Gasteiger partial charge in [0, 0.05) is 31.5 Å². The molecule has 0 bridgehead atoms. The Kier molecular flexibility index (Phi) is 4.93. The number of rotatable bonds is 5. The fourth-order valence-corrected chi connectivity index (χ4v) is 3.28. The Morgan fingerprint density at radius 1 is 1.48 bits per heavy atom. The fraction of sp³-hybridized carbons (Fsp3) is 0.529. The molecule has 124 valence electrons. The second-order valence-corrected chi connectivity index (χ2v) is 6.16. The van der Waals surface area contributed by atoms with Crippen molar-refractivity contribution in [2.24, 2.45) is 0 Å². The van der Waals surface area contributed by atoms with Crippen LogP contribution in [0, 0.1) is 6.92 Å². The SMILES string of the molecule is Cc1cn2cccc(C(=O)NCCN3CCCCC3CO)c2n1. The van der Waals surface area contributed by atoms with Crippen LogP contribution in [0.25, 0.3) is 5.65 Å². The summed E-state index contributed by atoms with van der Waals surface area (Å²) in [5, 5.41) is 12.4. The summed E-state index contributed by atoms with van der Waals surface area (Å²) in [6.07, 6.45) is 7.18. The third kappa shape index (κ3) is 3.54. The molecular weight excluding hydrogens is 292 g/mol. The Labute approximate surface area is 136 Å². The van der Waals surface area contributed by atoms with Crippen molar-refractivity contribution in [3.63, 3.8) is 0 Å². The van der Waals surface area contributed by atoms with Gasteiger partial charge >= 0.3 is 0 Å². The smallest absolute Gasteiger partial charge is 0.255 e. The van der Waals surface area contributed by atoms with Crippen molar-refractivity contribution in [3.05, 3.63) is 35.8 Å². The molecule has 0 aliphatic carbocycles. The monoisotopic (exact) mass is 316 g/mol. The zero-order valence-corrected chi connectivity index (χ0v) is 13.5. The van der Waals surface area contributed by atoms with E-state index in [-0.39, 0.29) is 18.6 Å². The first-order valence-corrected chi connectivity index (χ1v) is 8.26. The molecule has 2 aromatic heterocycles. The molecule has 0 spiro atoms. The van der Waals surface area contributed by atoms with Gasteiger partial charge in [-0.2, -0.15) is 0 Å². The molecule has 1 amide bonds. The number of hydrogen-bond donors (Lipinski definition) is 2. The normalized spacial score (nSPS) is 19.1. The number of aliphatic hydroxyl groups excluding tert-OH is 1. The van der Waals surface area contributed by atoms with Crippen molar-refractivity contribution in [2.45, 2.75) is 32.2 Å². The molecule has 0 aromatic carbocycles. The zero-order valence-electron chi connectivity index (χ0n) is 13.5. The first-order chi connectivity index (χ1) is 11.2. The van der Waals surface area contributed by atoms with Gasteiger partial charge < -0.3 is 14.8 Å². The molecule has 6 heteroatoms. The van der Waals surface area contributed by atoms with Crippen LogP contribution < -0.4 is 5.32 Å². The molecule has 1 atom stereocenters. The van der Waals surface area contributed by atoms with E-state index in [0.29, 0.717) is 17.8 Å². The van der Waals surface area contributed by atoms with Gasteiger partial charge in [-0.25, -0.2) is 4.98 Å². The largest absolute Gasteiger partial charge is 0.395 e. The Bertz CT molecular complexity index is 682. The highest BCUT2D eigenvalue weighted by Gasteiger charge is 2.21. The lowest BCUT2D eigenvalue weighted by Crippen LogP contribution is -2.45. The van der Waals surface area contributed by atoms with Crippen molar-refractivity contribution in [1.82, 2.24) is 19.6 Å². The van der Waals surface area contributed by atoms with Crippen molar-refractivity contribution in [1.29, 1.82) is 0 Å². The minimum absolute atomic E-state index is 0.0984. The van der Waals surface area contributed by atoms with Crippen molar-refractivity contribution in [3.8, 4) is 0 Å². The molecule has 1 aliphatic rings. The average molecular weight is 316 g/mol. The predicted molar refractivity (Wildman–Crippen MR) is 88.6 cm³/mol.